The molecule has 0 bridgehead atoms. The number of hydrogen-bond acceptors (Lipinski definition) is 4. The highest BCUT2D eigenvalue weighted by Crippen LogP contribution is 2.40. The van der Waals surface area contributed by atoms with E-state index in [0.717, 1.165) is 30.5 Å². The molecule has 1 heterocycles. The molecular formula is C13H17NO3S. The van der Waals surface area contributed by atoms with Gasteiger partial charge in [0.15, 0.2) is 0 Å². The van der Waals surface area contributed by atoms with Crippen LogP contribution in [-0.4, -0.2) is 29.1 Å². The highest BCUT2D eigenvalue weighted by atomic mass is 32.2. The van der Waals surface area contributed by atoms with Crippen molar-refractivity contribution in [1.82, 2.24) is 5.32 Å². The molecule has 0 spiro atoms. The number of hydrogen-bond donors (Lipinski definition) is 1. The average Bonchev–Trinajstić information content (AvgIpc) is 2.62. The average molecular weight is 267 g/mol. The zero-order valence-electron chi connectivity index (χ0n) is 10.6. The minimum absolute atomic E-state index is 0.312. The van der Waals surface area contributed by atoms with Crippen LogP contribution < -0.4 is 10.1 Å². The van der Waals surface area contributed by atoms with Gasteiger partial charge in [0.1, 0.15) is 10.6 Å². The minimum Gasteiger partial charge on any atom is -0.495 e. The van der Waals surface area contributed by atoms with Crippen molar-refractivity contribution in [3.63, 3.8) is 0 Å². The first-order valence-corrected chi connectivity index (χ1v) is 7.42. The van der Waals surface area contributed by atoms with Crippen LogP contribution in [0.2, 0.25) is 0 Å². The van der Waals surface area contributed by atoms with E-state index in [-0.39, 0.29) is 0 Å². The molecule has 1 aromatic carbocycles. The number of rotatable bonds is 5. The molecule has 1 N–H and O–H groups in total. The Kier molecular flexibility index (Phi) is 3.73. The van der Waals surface area contributed by atoms with E-state index in [1.807, 2.05) is 19.2 Å². The maximum absolute atomic E-state index is 12.1. The van der Waals surface area contributed by atoms with Crippen LogP contribution in [0.3, 0.4) is 0 Å². The fourth-order valence-corrected chi connectivity index (χ4v) is 3.86. The second-order valence-electron chi connectivity index (χ2n) is 4.23. The smallest absolute Gasteiger partial charge is 0.204 e. The lowest BCUT2D eigenvalue weighted by Crippen LogP contribution is -2.07. The third-order valence-electron chi connectivity index (χ3n) is 3.00. The molecule has 4 nitrogen and oxygen atoms in total. The predicted octanol–water partition coefficient (Wildman–Crippen LogP) is 1.82. The monoisotopic (exact) mass is 267 g/mol. The quantitative estimate of drug-likeness (QED) is 0.827. The third kappa shape index (κ3) is 2.28. The van der Waals surface area contributed by atoms with E-state index in [1.165, 1.54) is 12.5 Å². The molecule has 0 atom stereocenters. The highest BCUT2D eigenvalue weighted by molar-refractivity contribution is 7.95. The topological polar surface area (TPSA) is 55.4 Å². The number of fused-ring (bicyclic) bond motifs is 1. The normalized spacial score (nSPS) is 16.2. The molecule has 0 aliphatic carbocycles. The standard InChI is InChI=1S/C13H17NO3S/c1-14-8-4-5-10-9-18(15,16)13-11(10)6-3-7-12(13)17-2/h3,6-7,9,14H,4-5,8H2,1-2H3. The van der Waals surface area contributed by atoms with Crippen LogP contribution in [0.5, 0.6) is 5.75 Å². The number of ether oxygens (including phenoxy) is 1. The molecule has 0 radical (unpaired) electrons. The SMILES string of the molecule is CNCCCC1=CS(=O)(=O)c2c(OC)cccc21. The summed E-state index contributed by atoms with van der Waals surface area (Å²) in [6.07, 6.45) is 1.66. The summed E-state index contributed by atoms with van der Waals surface area (Å²) in [6, 6.07) is 5.35. The molecule has 5 heteroatoms. The van der Waals surface area contributed by atoms with Crippen molar-refractivity contribution in [1.29, 1.82) is 0 Å². The zero-order valence-corrected chi connectivity index (χ0v) is 11.4. The number of sulfone groups is 1. The second kappa shape index (κ2) is 5.12. The summed E-state index contributed by atoms with van der Waals surface area (Å²) in [5.41, 5.74) is 1.66. The molecule has 0 fully saturated rings. The molecule has 1 aliphatic heterocycles. The number of methoxy groups -OCH3 is 1. The van der Waals surface area contributed by atoms with Gasteiger partial charge in [0, 0.05) is 11.0 Å². The highest BCUT2D eigenvalue weighted by Gasteiger charge is 2.29. The van der Waals surface area contributed by atoms with Crippen LogP contribution in [0.25, 0.3) is 5.57 Å². The predicted molar refractivity (Wildman–Crippen MR) is 71.3 cm³/mol. The molecule has 0 aromatic heterocycles. The van der Waals surface area contributed by atoms with Crippen molar-refractivity contribution >= 4 is 15.4 Å². The van der Waals surface area contributed by atoms with Gasteiger partial charge in [-0.2, -0.15) is 0 Å². The van der Waals surface area contributed by atoms with Gasteiger partial charge in [-0.05, 0) is 38.1 Å². The summed E-state index contributed by atoms with van der Waals surface area (Å²) in [5, 5.41) is 4.43. The van der Waals surface area contributed by atoms with Crippen molar-refractivity contribution in [3.05, 3.63) is 29.2 Å². The Bertz CT molecular complexity index is 576. The lowest BCUT2D eigenvalue weighted by molar-refractivity contribution is 0.403. The van der Waals surface area contributed by atoms with Gasteiger partial charge in [-0.15, -0.1) is 0 Å². The van der Waals surface area contributed by atoms with Gasteiger partial charge < -0.3 is 10.1 Å². The molecule has 0 saturated carbocycles. The first kappa shape index (κ1) is 13.1. The Morgan fingerprint density at radius 3 is 2.78 bits per heavy atom. The van der Waals surface area contributed by atoms with Gasteiger partial charge in [-0.25, -0.2) is 8.42 Å². The molecule has 0 amide bonds. The number of benzene rings is 1. The maximum Gasteiger partial charge on any atom is 0.204 e. The molecule has 98 valence electrons. The molecule has 2 rings (SSSR count). The second-order valence-corrected chi connectivity index (χ2v) is 5.97. The lowest BCUT2D eigenvalue weighted by atomic mass is 10.0. The Hall–Kier alpha value is -1.33. The molecule has 18 heavy (non-hydrogen) atoms. The van der Waals surface area contributed by atoms with Crippen LogP contribution in [0, 0.1) is 0 Å². The molecule has 1 aromatic rings. The number of nitrogens with one attached hydrogen (secondary N) is 1. The van der Waals surface area contributed by atoms with Gasteiger partial charge in [-0.3, -0.25) is 0 Å². The zero-order chi connectivity index (χ0) is 13.2. The summed E-state index contributed by atoms with van der Waals surface area (Å²) in [4.78, 5) is 0.312. The van der Waals surface area contributed by atoms with Crippen molar-refractivity contribution < 1.29 is 13.2 Å². The largest absolute Gasteiger partial charge is 0.495 e. The van der Waals surface area contributed by atoms with Crippen molar-refractivity contribution in [2.45, 2.75) is 17.7 Å². The van der Waals surface area contributed by atoms with E-state index < -0.39 is 9.84 Å². The van der Waals surface area contributed by atoms with Crippen molar-refractivity contribution in [2.24, 2.45) is 0 Å². The summed E-state index contributed by atoms with van der Waals surface area (Å²) >= 11 is 0. The summed E-state index contributed by atoms with van der Waals surface area (Å²) in [5.74, 6) is 0.423. The summed E-state index contributed by atoms with van der Waals surface area (Å²) in [7, 11) is 0.0338. The van der Waals surface area contributed by atoms with Gasteiger partial charge in [0.05, 0.1) is 7.11 Å². The van der Waals surface area contributed by atoms with Crippen molar-refractivity contribution in [3.8, 4) is 5.75 Å². The van der Waals surface area contributed by atoms with E-state index in [2.05, 4.69) is 5.32 Å². The van der Waals surface area contributed by atoms with Gasteiger partial charge >= 0.3 is 0 Å². The van der Waals surface area contributed by atoms with Crippen molar-refractivity contribution in [2.75, 3.05) is 20.7 Å². The molecular weight excluding hydrogens is 250 g/mol. The van der Waals surface area contributed by atoms with Crippen LogP contribution >= 0.6 is 0 Å². The fourth-order valence-electron chi connectivity index (χ4n) is 2.18. The van der Waals surface area contributed by atoms with E-state index in [0.29, 0.717) is 10.6 Å². The minimum atomic E-state index is -3.34. The Balaban J connectivity index is 2.39. The summed E-state index contributed by atoms with van der Waals surface area (Å²) in [6.45, 7) is 0.872. The van der Waals surface area contributed by atoms with Gasteiger partial charge in [-0.1, -0.05) is 12.1 Å². The summed E-state index contributed by atoms with van der Waals surface area (Å²) < 4.78 is 29.3. The van der Waals surface area contributed by atoms with Crippen LogP contribution in [-0.2, 0) is 9.84 Å². The fraction of sp³-hybridized carbons (Fsp3) is 0.385. The van der Waals surface area contributed by atoms with E-state index in [4.69, 9.17) is 4.74 Å². The number of allylic oxidation sites excluding steroid dienone is 1. The van der Waals surface area contributed by atoms with Crippen LogP contribution in [0.15, 0.2) is 28.5 Å². The van der Waals surface area contributed by atoms with E-state index in [9.17, 15) is 8.42 Å². The molecule has 0 saturated heterocycles. The maximum atomic E-state index is 12.1. The van der Waals surface area contributed by atoms with Crippen LogP contribution in [0.4, 0.5) is 0 Å². The Morgan fingerprint density at radius 1 is 1.33 bits per heavy atom. The van der Waals surface area contributed by atoms with Gasteiger partial charge in [0.2, 0.25) is 9.84 Å². The van der Waals surface area contributed by atoms with E-state index >= 15 is 0 Å². The van der Waals surface area contributed by atoms with Gasteiger partial charge in [0.25, 0.3) is 0 Å². The molecule has 1 aliphatic rings. The molecule has 0 unspecified atom stereocenters. The van der Waals surface area contributed by atoms with E-state index in [1.54, 1.807) is 6.07 Å². The Morgan fingerprint density at radius 2 is 2.11 bits per heavy atom. The first-order chi connectivity index (χ1) is 8.60. The van der Waals surface area contributed by atoms with Crippen LogP contribution in [0.1, 0.15) is 18.4 Å². The first-order valence-electron chi connectivity index (χ1n) is 5.88. The Labute approximate surface area is 108 Å². The third-order valence-corrected chi connectivity index (χ3v) is 4.58. The lowest BCUT2D eigenvalue weighted by Gasteiger charge is -2.08.